The second-order valence-corrected chi connectivity index (χ2v) is 4.63. The Labute approximate surface area is 115 Å². The predicted octanol–water partition coefficient (Wildman–Crippen LogP) is 3.67. The predicted molar refractivity (Wildman–Crippen MR) is 77.3 cm³/mol. The molecule has 0 unspecified atom stereocenters. The maximum absolute atomic E-state index is 11.0. The Hall–Kier alpha value is -2.20. The van der Waals surface area contributed by atoms with E-state index in [1.54, 1.807) is 24.3 Å². The lowest BCUT2D eigenvalue weighted by atomic mass is 10.1. The number of rotatable bonds is 3. The number of nitrogens with one attached hydrogen (secondary N) is 1. The lowest BCUT2D eigenvalue weighted by Gasteiger charge is -2.11. The molecule has 2 aromatic rings. The average Bonchev–Trinajstić information content (AvgIpc) is 2.36. The molecule has 0 aliphatic rings. The van der Waals surface area contributed by atoms with Gasteiger partial charge in [0.1, 0.15) is 0 Å². The molecular formula is C14H13ClN2O2. The van der Waals surface area contributed by atoms with Crippen LogP contribution in [0.2, 0.25) is 5.02 Å². The number of nitrogen functional groups attached to an aromatic ring is 1. The van der Waals surface area contributed by atoms with E-state index in [2.05, 4.69) is 5.32 Å². The quantitative estimate of drug-likeness (QED) is 0.748. The second kappa shape index (κ2) is 5.20. The molecule has 98 valence electrons. The molecule has 4 nitrogen and oxygen atoms in total. The van der Waals surface area contributed by atoms with Crippen LogP contribution in [0.5, 0.6) is 0 Å². The van der Waals surface area contributed by atoms with Gasteiger partial charge in [-0.05, 0) is 42.8 Å². The molecule has 0 radical (unpaired) electrons. The Kier molecular flexibility index (Phi) is 3.62. The first kappa shape index (κ1) is 13.2. The molecule has 0 spiro atoms. The fourth-order valence-corrected chi connectivity index (χ4v) is 1.88. The first-order chi connectivity index (χ1) is 8.97. The Balaban J connectivity index is 2.36. The molecule has 0 aromatic heterocycles. The topological polar surface area (TPSA) is 75.3 Å². The summed E-state index contributed by atoms with van der Waals surface area (Å²) in [6.45, 7) is 1.94. The zero-order valence-electron chi connectivity index (χ0n) is 10.3. The van der Waals surface area contributed by atoms with Gasteiger partial charge in [-0.15, -0.1) is 0 Å². The number of halogens is 1. The summed E-state index contributed by atoms with van der Waals surface area (Å²) in [5.41, 5.74) is 8.41. The summed E-state index contributed by atoms with van der Waals surface area (Å²) < 4.78 is 0. The molecule has 0 saturated heterocycles. The molecule has 2 aromatic carbocycles. The van der Waals surface area contributed by atoms with Crippen LogP contribution < -0.4 is 11.1 Å². The normalized spacial score (nSPS) is 10.2. The first-order valence-corrected chi connectivity index (χ1v) is 6.01. The van der Waals surface area contributed by atoms with Crippen molar-refractivity contribution in [3.8, 4) is 0 Å². The van der Waals surface area contributed by atoms with Gasteiger partial charge in [0.2, 0.25) is 0 Å². The molecule has 0 bridgehead atoms. The van der Waals surface area contributed by atoms with Crippen molar-refractivity contribution in [2.75, 3.05) is 11.1 Å². The van der Waals surface area contributed by atoms with Crippen molar-refractivity contribution in [3.63, 3.8) is 0 Å². The van der Waals surface area contributed by atoms with Gasteiger partial charge in [0, 0.05) is 22.1 Å². The van der Waals surface area contributed by atoms with E-state index in [4.69, 9.17) is 22.4 Å². The van der Waals surface area contributed by atoms with Crippen LogP contribution in [0.1, 0.15) is 15.9 Å². The highest BCUT2D eigenvalue weighted by Gasteiger charge is 2.09. The number of carbonyl (C=O) groups is 1. The highest BCUT2D eigenvalue weighted by molar-refractivity contribution is 6.30. The van der Waals surface area contributed by atoms with E-state index in [1.807, 2.05) is 13.0 Å². The first-order valence-electron chi connectivity index (χ1n) is 5.63. The van der Waals surface area contributed by atoms with Crippen molar-refractivity contribution in [3.05, 3.63) is 52.5 Å². The number of hydrogen-bond acceptors (Lipinski definition) is 3. The summed E-state index contributed by atoms with van der Waals surface area (Å²) >= 11 is 5.94. The number of anilines is 3. The molecule has 0 saturated carbocycles. The highest BCUT2D eigenvalue weighted by Crippen LogP contribution is 2.26. The summed E-state index contributed by atoms with van der Waals surface area (Å²) in [4.78, 5) is 11.0. The minimum atomic E-state index is -1.05. The van der Waals surface area contributed by atoms with Gasteiger partial charge in [-0.3, -0.25) is 0 Å². The third-order valence-electron chi connectivity index (χ3n) is 2.76. The largest absolute Gasteiger partial charge is 0.478 e. The molecule has 0 heterocycles. The van der Waals surface area contributed by atoms with E-state index in [0.29, 0.717) is 10.7 Å². The van der Waals surface area contributed by atoms with E-state index < -0.39 is 5.97 Å². The van der Waals surface area contributed by atoms with Gasteiger partial charge in [0.15, 0.2) is 0 Å². The van der Waals surface area contributed by atoms with E-state index in [9.17, 15) is 4.79 Å². The lowest BCUT2D eigenvalue weighted by molar-refractivity contribution is 0.0698. The van der Waals surface area contributed by atoms with Gasteiger partial charge < -0.3 is 16.2 Å². The van der Waals surface area contributed by atoms with Crippen LogP contribution in [-0.2, 0) is 0 Å². The molecular weight excluding hydrogens is 264 g/mol. The zero-order valence-corrected chi connectivity index (χ0v) is 11.0. The average molecular weight is 277 g/mol. The maximum Gasteiger partial charge on any atom is 0.337 e. The van der Waals surface area contributed by atoms with Crippen LogP contribution >= 0.6 is 11.6 Å². The Morgan fingerprint density at radius 3 is 2.68 bits per heavy atom. The second-order valence-electron chi connectivity index (χ2n) is 4.19. The molecule has 0 aliphatic carbocycles. The third-order valence-corrected chi connectivity index (χ3v) is 3.00. The molecule has 0 atom stereocenters. The van der Waals surface area contributed by atoms with Crippen LogP contribution in [0.15, 0.2) is 36.4 Å². The van der Waals surface area contributed by atoms with Crippen molar-refractivity contribution < 1.29 is 9.90 Å². The summed E-state index contributed by atoms with van der Waals surface area (Å²) in [5, 5.41) is 12.8. The van der Waals surface area contributed by atoms with E-state index in [1.165, 1.54) is 6.07 Å². The summed E-state index contributed by atoms with van der Waals surface area (Å²) in [7, 11) is 0. The fourth-order valence-electron chi connectivity index (χ4n) is 1.70. The number of benzene rings is 2. The van der Waals surface area contributed by atoms with E-state index >= 15 is 0 Å². The Bertz CT molecular complexity index is 641. The van der Waals surface area contributed by atoms with Crippen molar-refractivity contribution >= 4 is 34.6 Å². The maximum atomic E-state index is 11.0. The van der Waals surface area contributed by atoms with Crippen molar-refractivity contribution in [2.45, 2.75) is 6.92 Å². The van der Waals surface area contributed by atoms with Crippen LogP contribution in [0.3, 0.4) is 0 Å². The molecule has 4 N–H and O–H groups in total. The molecule has 0 fully saturated rings. The highest BCUT2D eigenvalue weighted by atomic mass is 35.5. The van der Waals surface area contributed by atoms with E-state index in [-0.39, 0.29) is 11.3 Å². The van der Waals surface area contributed by atoms with Crippen molar-refractivity contribution in [1.82, 2.24) is 0 Å². The summed E-state index contributed by atoms with van der Waals surface area (Å²) in [5.74, 6) is -1.05. The zero-order chi connectivity index (χ0) is 14.0. The van der Waals surface area contributed by atoms with Crippen LogP contribution in [-0.4, -0.2) is 11.1 Å². The third kappa shape index (κ3) is 2.98. The van der Waals surface area contributed by atoms with Gasteiger partial charge in [0.25, 0.3) is 0 Å². The lowest BCUT2D eigenvalue weighted by Crippen LogP contribution is -2.03. The smallest absolute Gasteiger partial charge is 0.337 e. The van der Waals surface area contributed by atoms with Crippen LogP contribution in [0, 0.1) is 6.92 Å². The number of carboxylic acids is 1. The molecule has 5 heteroatoms. The van der Waals surface area contributed by atoms with Gasteiger partial charge in [-0.1, -0.05) is 17.7 Å². The molecule has 2 rings (SSSR count). The van der Waals surface area contributed by atoms with Crippen LogP contribution in [0.4, 0.5) is 17.1 Å². The monoisotopic (exact) mass is 276 g/mol. The van der Waals surface area contributed by atoms with Gasteiger partial charge in [-0.2, -0.15) is 0 Å². The van der Waals surface area contributed by atoms with E-state index in [0.717, 1.165) is 11.3 Å². The van der Waals surface area contributed by atoms with Crippen molar-refractivity contribution in [2.24, 2.45) is 0 Å². The summed E-state index contributed by atoms with van der Waals surface area (Å²) in [6.07, 6.45) is 0. The van der Waals surface area contributed by atoms with Gasteiger partial charge >= 0.3 is 5.97 Å². The molecule has 0 amide bonds. The Morgan fingerprint density at radius 1 is 1.26 bits per heavy atom. The number of hydrogen-bond donors (Lipinski definition) is 3. The van der Waals surface area contributed by atoms with Gasteiger partial charge in [0.05, 0.1) is 5.56 Å². The number of nitrogens with two attached hydrogens (primary N) is 1. The fraction of sp³-hybridized carbons (Fsp3) is 0.0714. The number of aryl methyl sites for hydroxylation is 1. The van der Waals surface area contributed by atoms with Crippen molar-refractivity contribution in [1.29, 1.82) is 0 Å². The minimum Gasteiger partial charge on any atom is -0.478 e. The summed E-state index contributed by atoms with van der Waals surface area (Å²) in [6, 6.07) is 10.3. The number of aromatic carboxylic acids is 1. The molecule has 0 aliphatic heterocycles. The standard InChI is InChI=1S/C14H13ClN2O2/c1-8-2-3-9(15)6-13(8)17-10-4-5-12(16)11(7-10)14(18)19/h2-7,17H,16H2,1H3,(H,18,19). The Morgan fingerprint density at radius 2 is 2.00 bits per heavy atom. The SMILES string of the molecule is Cc1ccc(Cl)cc1Nc1ccc(N)c(C(=O)O)c1. The molecule has 19 heavy (non-hydrogen) atoms. The van der Waals surface area contributed by atoms with Crippen LogP contribution in [0.25, 0.3) is 0 Å². The van der Waals surface area contributed by atoms with Gasteiger partial charge in [-0.25, -0.2) is 4.79 Å². The number of carboxylic acid groups (broad SMARTS) is 1. The minimum absolute atomic E-state index is 0.0738.